The molecule has 3 atom stereocenters. The van der Waals surface area contributed by atoms with Crippen molar-refractivity contribution in [3.05, 3.63) is 29.8 Å². The van der Waals surface area contributed by atoms with Gasteiger partial charge in [0, 0.05) is 18.9 Å². The van der Waals surface area contributed by atoms with Crippen molar-refractivity contribution in [2.45, 2.75) is 34.8 Å². The van der Waals surface area contributed by atoms with Gasteiger partial charge in [-0.25, -0.2) is 13.2 Å². The van der Waals surface area contributed by atoms with Crippen LogP contribution in [0.25, 0.3) is 0 Å². The Bertz CT molecular complexity index is 990. The fourth-order valence-corrected chi connectivity index (χ4v) is 3.62. The van der Waals surface area contributed by atoms with Crippen LogP contribution in [0.3, 0.4) is 0 Å². The molecule has 190 valence electrons. The Balaban J connectivity index is 3.30. The summed E-state index contributed by atoms with van der Waals surface area (Å²) in [5.74, 6) is -3.16. The molecule has 1 unspecified atom stereocenters. The van der Waals surface area contributed by atoms with Gasteiger partial charge in [-0.05, 0) is 17.7 Å². The molecule has 0 heterocycles. The van der Waals surface area contributed by atoms with Crippen molar-refractivity contribution in [3.8, 4) is 0 Å². The van der Waals surface area contributed by atoms with Gasteiger partial charge in [0.2, 0.25) is 5.91 Å². The highest BCUT2D eigenvalue weighted by Crippen LogP contribution is 2.25. The highest BCUT2D eigenvalue weighted by Gasteiger charge is 2.32. The second kappa shape index (κ2) is 13.7. The summed E-state index contributed by atoms with van der Waals surface area (Å²) in [7, 11) is -3.51. The number of carbonyl (C=O) groups is 4. The van der Waals surface area contributed by atoms with Crippen molar-refractivity contribution in [3.63, 3.8) is 0 Å². The van der Waals surface area contributed by atoms with Crippen molar-refractivity contribution >= 4 is 69.4 Å². The molecule has 0 aliphatic heterocycles. The predicted octanol–water partition coefficient (Wildman–Crippen LogP) is -0.101. The van der Waals surface area contributed by atoms with Crippen LogP contribution in [0.5, 0.6) is 0 Å². The van der Waals surface area contributed by atoms with Gasteiger partial charge in [0.1, 0.15) is 18.7 Å². The van der Waals surface area contributed by atoms with Crippen LogP contribution in [0.15, 0.2) is 29.2 Å². The van der Waals surface area contributed by atoms with Crippen molar-refractivity contribution in [1.82, 2.24) is 10.6 Å². The third-order valence-corrected chi connectivity index (χ3v) is 6.09. The number of benzene rings is 1. The fourth-order valence-electron chi connectivity index (χ4n) is 2.62. The molecule has 0 fully saturated rings. The molecule has 0 spiro atoms. The number of hydrogen-bond acceptors (Lipinski definition) is 10. The number of hydrogen-bond donors (Lipinski definition) is 4. The van der Waals surface area contributed by atoms with Crippen molar-refractivity contribution in [1.29, 1.82) is 0 Å². The van der Waals surface area contributed by atoms with E-state index in [2.05, 4.69) is 23.3 Å². The maximum Gasteiger partial charge on any atom is 0.329 e. The minimum atomic E-state index is -3.51. The van der Waals surface area contributed by atoms with Gasteiger partial charge >= 0.3 is 11.9 Å². The van der Waals surface area contributed by atoms with Crippen LogP contribution in [-0.2, 0) is 38.5 Å². The Labute approximate surface area is 212 Å². The minimum Gasteiger partial charge on any atom is -0.462 e. The first kappa shape index (κ1) is 30.0. The van der Waals surface area contributed by atoms with Gasteiger partial charge < -0.3 is 25.8 Å². The van der Waals surface area contributed by atoms with Gasteiger partial charge in [0.15, 0.2) is 20.8 Å². The molecule has 2 amide bonds. The van der Waals surface area contributed by atoms with Crippen LogP contribution in [-0.4, -0.2) is 74.3 Å². The summed E-state index contributed by atoms with van der Waals surface area (Å²) in [4.78, 5) is 46.3. The molecule has 4 N–H and O–H groups in total. The summed E-state index contributed by atoms with van der Waals surface area (Å²) in [6.45, 7) is 0.165. The molecule has 1 aromatic rings. The number of thiol groups is 1. The standard InChI is InChI=1S/C19H25Cl2N3O8S2/c1-10(25)23-14(9-33)19(28)31-8-13(24-18(27)17(20)21)16(32-15(26)7-22)11-3-5-12(6-4-11)34(2,29)30/h3-6,13-14,16-17,33H,7-9,22H2,1-2H3,(H,23,25)(H,24,27)/t13-,14?,16-/m1/s1. The number of nitrogens with one attached hydrogen (secondary N) is 2. The molecule has 0 saturated heterocycles. The largest absolute Gasteiger partial charge is 0.462 e. The summed E-state index contributed by atoms with van der Waals surface area (Å²) < 4.78 is 34.1. The Morgan fingerprint density at radius 2 is 1.71 bits per heavy atom. The van der Waals surface area contributed by atoms with E-state index in [4.69, 9.17) is 38.4 Å². The summed E-state index contributed by atoms with van der Waals surface area (Å²) in [6.07, 6.45) is -0.256. The molecule has 0 aliphatic carbocycles. The molecule has 15 heteroatoms. The zero-order chi connectivity index (χ0) is 26.1. The molecule has 11 nitrogen and oxygen atoms in total. The first-order valence-electron chi connectivity index (χ1n) is 9.62. The van der Waals surface area contributed by atoms with E-state index in [1.807, 2.05) is 0 Å². The molecule has 0 saturated carbocycles. The quantitative estimate of drug-likeness (QED) is 0.155. The lowest BCUT2D eigenvalue weighted by molar-refractivity contribution is -0.155. The maximum absolute atomic E-state index is 12.4. The minimum absolute atomic E-state index is 0.000623. The number of ether oxygens (including phenoxy) is 2. The van der Waals surface area contributed by atoms with Gasteiger partial charge in [-0.1, -0.05) is 35.3 Å². The van der Waals surface area contributed by atoms with E-state index < -0.39 is 69.8 Å². The topological polar surface area (TPSA) is 171 Å². The maximum atomic E-state index is 12.4. The molecule has 34 heavy (non-hydrogen) atoms. The van der Waals surface area contributed by atoms with Crippen LogP contribution in [0.1, 0.15) is 18.6 Å². The zero-order valence-corrected chi connectivity index (χ0v) is 21.4. The van der Waals surface area contributed by atoms with Crippen LogP contribution in [0.4, 0.5) is 0 Å². The average molecular weight is 558 g/mol. The van der Waals surface area contributed by atoms with E-state index in [0.29, 0.717) is 0 Å². The lowest BCUT2D eigenvalue weighted by Crippen LogP contribution is -2.48. The summed E-state index contributed by atoms with van der Waals surface area (Å²) in [5, 5.41) is 4.78. The number of sulfone groups is 1. The van der Waals surface area contributed by atoms with E-state index >= 15 is 0 Å². The number of halogens is 2. The second-order valence-corrected chi connectivity index (χ2v) is 10.4. The van der Waals surface area contributed by atoms with Gasteiger partial charge in [-0.15, -0.1) is 0 Å². The van der Waals surface area contributed by atoms with Crippen LogP contribution in [0, 0.1) is 0 Å². The first-order valence-corrected chi connectivity index (χ1v) is 13.0. The van der Waals surface area contributed by atoms with Crippen LogP contribution >= 0.6 is 35.8 Å². The summed E-state index contributed by atoms with van der Waals surface area (Å²) in [6, 6.07) is 2.98. The second-order valence-electron chi connectivity index (χ2n) is 6.94. The predicted molar refractivity (Wildman–Crippen MR) is 127 cm³/mol. The van der Waals surface area contributed by atoms with E-state index in [0.717, 1.165) is 6.26 Å². The van der Waals surface area contributed by atoms with Gasteiger partial charge in [-0.3, -0.25) is 14.4 Å². The third-order valence-electron chi connectivity index (χ3n) is 4.20. The Hall–Kier alpha value is -2.06. The van der Waals surface area contributed by atoms with E-state index in [1.165, 1.54) is 31.2 Å². The first-order chi connectivity index (χ1) is 15.8. The highest BCUT2D eigenvalue weighted by molar-refractivity contribution is 7.90. The summed E-state index contributed by atoms with van der Waals surface area (Å²) in [5.41, 5.74) is 5.59. The van der Waals surface area contributed by atoms with Crippen molar-refractivity contribution < 1.29 is 37.1 Å². The Morgan fingerprint density at radius 3 is 2.15 bits per heavy atom. The number of rotatable bonds is 12. The lowest BCUT2D eigenvalue weighted by atomic mass is 10.0. The molecule has 0 radical (unpaired) electrons. The van der Waals surface area contributed by atoms with Gasteiger partial charge in [0.25, 0.3) is 5.91 Å². The molecule has 0 aromatic heterocycles. The smallest absolute Gasteiger partial charge is 0.329 e. The van der Waals surface area contributed by atoms with Crippen molar-refractivity contribution in [2.24, 2.45) is 5.73 Å². The SMILES string of the molecule is CC(=O)NC(CS)C(=O)OC[C@@H](NC(=O)C(Cl)Cl)[C@H](OC(=O)CN)c1ccc(S(C)(=O)=O)cc1. The molecule has 0 aliphatic rings. The monoisotopic (exact) mass is 557 g/mol. The van der Waals surface area contributed by atoms with E-state index in [-0.39, 0.29) is 16.2 Å². The molecule has 1 aromatic carbocycles. The van der Waals surface area contributed by atoms with Gasteiger partial charge in [-0.2, -0.15) is 12.6 Å². The fraction of sp³-hybridized carbons (Fsp3) is 0.474. The number of amides is 2. The van der Waals surface area contributed by atoms with Crippen LogP contribution < -0.4 is 16.4 Å². The summed E-state index contributed by atoms with van der Waals surface area (Å²) >= 11 is 15.2. The number of nitrogens with two attached hydrogens (primary N) is 1. The van der Waals surface area contributed by atoms with E-state index in [9.17, 15) is 27.6 Å². The molecular formula is C19H25Cl2N3O8S2. The molecular weight excluding hydrogens is 533 g/mol. The zero-order valence-electron chi connectivity index (χ0n) is 18.2. The number of alkyl halides is 2. The average Bonchev–Trinajstić information content (AvgIpc) is 2.77. The van der Waals surface area contributed by atoms with Crippen molar-refractivity contribution in [2.75, 3.05) is 25.2 Å². The Morgan fingerprint density at radius 1 is 1.12 bits per heavy atom. The van der Waals surface area contributed by atoms with Gasteiger partial charge in [0.05, 0.1) is 11.4 Å². The van der Waals surface area contributed by atoms with Crippen LogP contribution in [0.2, 0.25) is 0 Å². The lowest BCUT2D eigenvalue weighted by Gasteiger charge is -2.29. The normalized spacial score (nSPS) is 14.0. The molecule has 0 bridgehead atoms. The molecule has 1 rings (SSSR count). The highest BCUT2D eigenvalue weighted by atomic mass is 35.5. The Kier molecular flexibility index (Phi) is 12.1. The van der Waals surface area contributed by atoms with E-state index in [1.54, 1.807) is 0 Å². The number of carbonyl (C=O) groups excluding carboxylic acids is 4. The third kappa shape index (κ3) is 9.66. The number of esters is 2.